The minimum atomic E-state index is 0.343. The van der Waals surface area contributed by atoms with Crippen molar-refractivity contribution in [2.45, 2.75) is 57.5 Å². The van der Waals surface area contributed by atoms with Gasteiger partial charge in [0, 0.05) is 49.7 Å². The molecule has 0 aromatic carbocycles. The predicted octanol–water partition coefficient (Wildman–Crippen LogP) is 1.55. The molecule has 2 saturated heterocycles. The molecule has 0 N–H and O–H groups in total. The van der Waals surface area contributed by atoms with Crippen molar-refractivity contribution in [1.82, 2.24) is 19.8 Å². The van der Waals surface area contributed by atoms with Gasteiger partial charge in [-0.1, -0.05) is 0 Å². The van der Waals surface area contributed by atoms with Crippen molar-refractivity contribution in [3.05, 3.63) is 24.3 Å². The molecule has 0 unspecified atom stereocenters. The number of hydrogen-bond acceptors (Lipinski definition) is 5. The van der Waals surface area contributed by atoms with Gasteiger partial charge in [0.05, 0.1) is 12.1 Å². The van der Waals surface area contributed by atoms with Crippen LogP contribution in [0.15, 0.2) is 18.7 Å². The first-order valence-corrected chi connectivity index (χ1v) is 7.98. The zero-order chi connectivity index (χ0) is 14.8. The average Bonchev–Trinajstić information content (AvgIpc) is 2.88. The quantitative estimate of drug-likeness (QED) is 0.841. The van der Waals surface area contributed by atoms with E-state index in [2.05, 4.69) is 40.7 Å². The molecular formula is C16H26N4O. The van der Waals surface area contributed by atoms with Crippen molar-refractivity contribution in [1.29, 1.82) is 0 Å². The van der Waals surface area contributed by atoms with Crippen LogP contribution in [0.25, 0.3) is 0 Å². The Bertz CT molecular complexity index is 453. The zero-order valence-corrected chi connectivity index (χ0v) is 13.3. The maximum Gasteiger partial charge on any atom is 0.115 e. The van der Waals surface area contributed by atoms with Gasteiger partial charge >= 0.3 is 0 Å². The Balaban J connectivity index is 1.71. The first-order valence-electron chi connectivity index (χ1n) is 7.98. The van der Waals surface area contributed by atoms with Gasteiger partial charge in [-0.05, 0) is 33.7 Å². The van der Waals surface area contributed by atoms with Crippen molar-refractivity contribution in [3.8, 4) is 0 Å². The van der Waals surface area contributed by atoms with Crippen LogP contribution >= 0.6 is 0 Å². The molecule has 0 saturated carbocycles. The molecule has 2 aliphatic rings. The van der Waals surface area contributed by atoms with Crippen molar-refractivity contribution >= 4 is 0 Å². The first-order chi connectivity index (χ1) is 10.2. The minimum absolute atomic E-state index is 0.343. The van der Waals surface area contributed by atoms with Gasteiger partial charge in [0.1, 0.15) is 6.33 Å². The summed E-state index contributed by atoms with van der Waals surface area (Å²) in [6, 6.07) is 1.62. The Morgan fingerprint density at radius 2 is 2.14 bits per heavy atom. The molecule has 116 valence electrons. The van der Waals surface area contributed by atoms with Gasteiger partial charge in [-0.3, -0.25) is 9.80 Å². The Kier molecular flexibility index (Phi) is 4.52. The van der Waals surface area contributed by atoms with Crippen LogP contribution in [0.5, 0.6) is 0 Å². The van der Waals surface area contributed by atoms with E-state index in [-0.39, 0.29) is 0 Å². The Hall–Kier alpha value is -1.04. The van der Waals surface area contributed by atoms with E-state index in [0.29, 0.717) is 24.2 Å². The summed E-state index contributed by atoms with van der Waals surface area (Å²) < 4.78 is 6.14. The fourth-order valence-corrected chi connectivity index (χ4v) is 3.77. The lowest BCUT2D eigenvalue weighted by molar-refractivity contribution is -0.0405. The second-order valence-electron chi connectivity index (χ2n) is 6.56. The highest BCUT2D eigenvalue weighted by Crippen LogP contribution is 2.33. The number of nitrogens with zero attached hydrogens (tertiary/aromatic N) is 4. The number of likely N-dealkylation sites (tertiary alicyclic amines) is 1. The largest absolute Gasteiger partial charge is 0.375 e. The van der Waals surface area contributed by atoms with E-state index in [9.17, 15) is 0 Å². The Labute approximate surface area is 127 Å². The van der Waals surface area contributed by atoms with Crippen molar-refractivity contribution < 1.29 is 4.74 Å². The lowest BCUT2D eigenvalue weighted by atomic mass is 9.99. The fourth-order valence-electron chi connectivity index (χ4n) is 3.77. The molecule has 2 aliphatic heterocycles. The number of likely N-dealkylation sites (N-methyl/N-ethyl adjacent to an activating group) is 1. The highest BCUT2D eigenvalue weighted by molar-refractivity contribution is 5.06. The van der Waals surface area contributed by atoms with E-state index in [4.69, 9.17) is 4.74 Å². The summed E-state index contributed by atoms with van der Waals surface area (Å²) in [4.78, 5) is 13.2. The summed E-state index contributed by atoms with van der Waals surface area (Å²) in [5.74, 6) is 0. The summed E-state index contributed by atoms with van der Waals surface area (Å²) in [5.41, 5.74) is 1.16. The molecule has 2 fully saturated rings. The van der Waals surface area contributed by atoms with Crippen molar-refractivity contribution in [2.75, 3.05) is 20.2 Å². The summed E-state index contributed by atoms with van der Waals surface area (Å²) in [5, 5.41) is 0. The molecule has 3 atom stereocenters. The number of ether oxygens (including phenoxy) is 1. The van der Waals surface area contributed by atoms with Crippen LogP contribution in [0.2, 0.25) is 0 Å². The van der Waals surface area contributed by atoms with Crippen LogP contribution in [0, 0.1) is 0 Å². The van der Waals surface area contributed by atoms with E-state index >= 15 is 0 Å². The fraction of sp³-hybridized carbons (Fsp3) is 0.750. The van der Waals surface area contributed by atoms with Gasteiger partial charge in [-0.15, -0.1) is 0 Å². The lowest BCUT2D eigenvalue weighted by Gasteiger charge is -2.35. The molecule has 3 rings (SSSR count). The van der Waals surface area contributed by atoms with Gasteiger partial charge in [0.25, 0.3) is 0 Å². The Morgan fingerprint density at radius 1 is 1.38 bits per heavy atom. The third kappa shape index (κ3) is 3.10. The molecule has 1 aromatic rings. The highest BCUT2D eigenvalue weighted by Gasteiger charge is 2.46. The average molecular weight is 290 g/mol. The summed E-state index contributed by atoms with van der Waals surface area (Å²) in [6.45, 7) is 7.46. The van der Waals surface area contributed by atoms with Crippen LogP contribution in [-0.2, 0) is 11.3 Å². The Morgan fingerprint density at radius 3 is 2.86 bits per heavy atom. The van der Waals surface area contributed by atoms with Gasteiger partial charge in [0.2, 0.25) is 0 Å². The third-order valence-corrected chi connectivity index (χ3v) is 4.81. The maximum atomic E-state index is 6.14. The standard InChI is InChI=1S/C16H26N4O/c1-12(2)20-10-15(16-14(20)5-4-6-21-16)19(3)9-13-7-17-11-18-8-13/h7-8,11-12,14-16H,4-6,9-10H2,1-3H3/t14-,15+,16+/m0/s1. The van der Waals surface area contributed by atoms with E-state index in [1.54, 1.807) is 6.33 Å². The summed E-state index contributed by atoms with van der Waals surface area (Å²) in [7, 11) is 2.19. The molecule has 1 aromatic heterocycles. The van der Waals surface area contributed by atoms with Crippen LogP contribution in [0.4, 0.5) is 0 Å². The minimum Gasteiger partial charge on any atom is -0.375 e. The smallest absolute Gasteiger partial charge is 0.115 e. The molecule has 0 spiro atoms. The van der Waals surface area contributed by atoms with E-state index in [0.717, 1.165) is 25.3 Å². The summed E-state index contributed by atoms with van der Waals surface area (Å²) >= 11 is 0. The molecule has 0 radical (unpaired) electrons. The van der Waals surface area contributed by atoms with Crippen LogP contribution in [0.1, 0.15) is 32.3 Å². The topological polar surface area (TPSA) is 41.5 Å². The zero-order valence-electron chi connectivity index (χ0n) is 13.3. The highest BCUT2D eigenvalue weighted by atomic mass is 16.5. The van der Waals surface area contributed by atoms with E-state index < -0.39 is 0 Å². The predicted molar refractivity (Wildman–Crippen MR) is 81.9 cm³/mol. The van der Waals surface area contributed by atoms with Gasteiger partial charge < -0.3 is 4.74 Å². The van der Waals surface area contributed by atoms with Crippen LogP contribution < -0.4 is 0 Å². The monoisotopic (exact) mass is 290 g/mol. The van der Waals surface area contributed by atoms with Crippen LogP contribution in [-0.4, -0.2) is 64.2 Å². The lowest BCUT2D eigenvalue weighted by Crippen LogP contribution is -2.46. The van der Waals surface area contributed by atoms with Gasteiger partial charge in [-0.2, -0.15) is 0 Å². The second-order valence-corrected chi connectivity index (χ2v) is 6.56. The number of aromatic nitrogens is 2. The molecule has 0 bridgehead atoms. The number of fused-ring (bicyclic) bond motifs is 1. The second kappa shape index (κ2) is 6.38. The van der Waals surface area contributed by atoms with E-state index in [1.165, 1.54) is 12.8 Å². The van der Waals surface area contributed by atoms with Crippen LogP contribution in [0.3, 0.4) is 0 Å². The molecule has 5 heteroatoms. The van der Waals surface area contributed by atoms with Gasteiger partial charge in [0.15, 0.2) is 0 Å². The van der Waals surface area contributed by atoms with Gasteiger partial charge in [-0.25, -0.2) is 9.97 Å². The first kappa shape index (κ1) is 14.9. The molecule has 0 aliphatic carbocycles. The number of hydrogen-bond donors (Lipinski definition) is 0. The third-order valence-electron chi connectivity index (χ3n) is 4.81. The molecule has 3 heterocycles. The van der Waals surface area contributed by atoms with Crippen molar-refractivity contribution in [2.24, 2.45) is 0 Å². The normalized spacial score (nSPS) is 30.0. The van der Waals surface area contributed by atoms with Crippen molar-refractivity contribution in [3.63, 3.8) is 0 Å². The number of rotatable bonds is 4. The van der Waals surface area contributed by atoms with E-state index in [1.807, 2.05) is 12.4 Å². The molecule has 5 nitrogen and oxygen atoms in total. The molecule has 0 amide bonds. The molecular weight excluding hydrogens is 264 g/mol. The maximum absolute atomic E-state index is 6.14. The summed E-state index contributed by atoms with van der Waals surface area (Å²) in [6.07, 6.45) is 8.18. The SMILES string of the molecule is CC(C)N1C[C@@H](N(C)Cc2cncnc2)[C@@H]2OCCC[C@@H]21. The molecule has 21 heavy (non-hydrogen) atoms.